The largest absolute Gasteiger partial charge is 0.461 e. The van der Waals surface area contributed by atoms with Gasteiger partial charge in [-0.1, -0.05) is 20.8 Å². The summed E-state index contributed by atoms with van der Waals surface area (Å²) in [5.41, 5.74) is 6.49. The van der Waals surface area contributed by atoms with E-state index in [1.54, 1.807) is 18.2 Å². The second-order valence-electron chi connectivity index (χ2n) is 5.84. The van der Waals surface area contributed by atoms with E-state index in [0.717, 1.165) is 5.56 Å². The van der Waals surface area contributed by atoms with Crippen LogP contribution in [0.2, 0.25) is 0 Å². The van der Waals surface area contributed by atoms with Crippen LogP contribution in [0.3, 0.4) is 0 Å². The van der Waals surface area contributed by atoms with Crippen LogP contribution in [0.1, 0.15) is 31.9 Å². The summed E-state index contributed by atoms with van der Waals surface area (Å²) >= 11 is 0. The first-order valence-corrected chi connectivity index (χ1v) is 6.44. The van der Waals surface area contributed by atoms with Gasteiger partial charge in [-0.15, -0.1) is 0 Å². The van der Waals surface area contributed by atoms with Gasteiger partial charge in [-0.2, -0.15) is 5.26 Å². The van der Waals surface area contributed by atoms with Crippen molar-refractivity contribution in [3.05, 3.63) is 35.1 Å². The second kappa shape index (κ2) is 5.21. The van der Waals surface area contributed by atoms with Gasteiger partial charge in [-0.25, -0.2) is 8.78 Å². The minimum Gasteiger partial charge on any atom is -0.461 e. The summed E-state index contributed by atoms with van der Waals surface area (Å²) in [7, 11) is 0. The molecule has 2 N–H and O–H groups in total. The number of nitriles is 1. The van der Waals surface area contributed by atoms with Gasteiger partial charge in [0, 0.05) is 11.1 Å². The van der Waals surface area contributed by atoms with Gasteiger partial charge >= 0.3 is 0 Å². The summed E-state index contributed by atoms with van der Waals surface area (Å²) in [5.74, 6) is -0.821. The third-order valence-electron chi connectivity index (χ3n) is 3.29. The molecule has 21 heavy (non-hydrogen) atoms. The van der Waals surface area contributed by atoms with Crippen molar-refractivity contribution in [1.82, 2.24) is 0 Å². The number of rotatable bonds is 2. The first-order valence-electron chi connectivity index (χ1n) is 6.44. The fourth-order valence-electron chi connectivity index (χ4n) is 2.39. The van der Waals surface area contributed by atoms with Crippen LogP contribution in [0.5, 0.6) is 5.75 Å². The Kier molecular flexibility index (Phi) is 3.73. The molecule has 5 heteroatoms. The number of nitrogens with two attached hydrogens (primary N) is 1. The number of alkyl halides is 1. The van der Waals surface area contributed by atoms with Crippen LogP contribution in [-0.2, 0) is 5.41 Å². The van der Waals surface area contributed by atoms with Gasteiger partial charge in [0.25, 0.3) is 0 Å². The van der Waals surface area contributed by atoms with Crippen molar-refractivity contribution in [3.63, 3.8) is 0 Å². The van der Waals surface area contributed by atoms with Crippen molar-refractivity contribution >= 4 is 16.5 Å². The molecule has 0 fully saturated rings. The van der Waals surface area contributed by atoms with Crippen LogP contribution in [0, 0.1) is 17.1 Å². The number of hydrogen-bond donors (Lipinski definition) is 1. The molecule has 0 aliphatic heterocycles. The van der Waals surface area contributed by atoms with Gasteiger partial charge in [-0.3, -0.25) is 0 Å². The van der Waals surface area contributed by atoms with E-state index in [9.17, 15) is 8.78 Å². The highest BCUT2D eigenvalue weighted by molar-refractivity contribution is 5.96. The molecular weight excluding hydrogens is 274 g/mol. The molecular formula is C16H16F2N2O. The topological polar surface area (TPSA) is 59.0 Å². The molecule has 0 saturated carbocycles. The molecule has 0 atom stereocenters. The molecule has 0 aliphatic rings. The van der Waals surface area contributed by atoms with Crippen molar-refractivity contribution in [2.75, 3.05) is 12.6 Å². The Balaban J connectivity index is 3.01. The van der Waals surface area contributed by atoms with Crippen molar-refractivity contribution in [2.45, 2.75) is 26.2 Å². The summed E-state index contributed by atoms with van der Waals surface area (Å²) in [6, 6.07) is 6.29. The maximum Gasteiger partial charge on any atom is 0.228 e. The van der Waals surface area contributed by atoms with Crippen molar-refractivity contribution in [2.24, 2.45) is 0 Å². The van der Waals surface area contributed by atoms with E-state index < -0.39 is 12.7 Å². The normalized spacial score (nSPS) is 11.4. The molecule has 3 nitrogen and oxygen atoms in total. The van der Waals surface area contributed by atoms with E-state index >= 15 is 0 Å². The summed E-state index contributed by atoms with van der Waals surface area (Å²) in [6.45, 7) is 4.72. The summed E-state index contributed by atoms with van der Waals surface area (Å²) in [4.78, 5) is 0. The molecule has 2 rings (SSSR count). The Labute approximate surface area is 121 Å². The summed E-state index contributed by atoms with van der Waals surface area (Å²) < 4.78 is 31.6. The summed E-state index contributed by atoms with van der Waals surface area (Å²) in [6.07, 6.45) is 0. The first kappa shape index (κ1) is 15.0. The van der Waals surface area contributed by atoms with E-state index in [1.165, 1.54) is 6.07 Å². The van der Waals surface area contributed by atoms with E-state index in [1.807, 2.05) is 20.8 Å². The van der Waals surface area contributed by atoms with Gasteiger partial charge in [0.15, 0.2) is 5.75 Å². The minimum atomic E-state index is -1.14. The maximum absolute atomic E-state index is 14.0. The molecule has 0 aliphatic carbocycles. The number of halogens is 2. The first-order chi connectivity index (χ1) is 9.79. The highest BCUT2D eigenvalue weighted by Crippen LogP contribution is 2.40. The number of fused-ring (bicyclic) bond motifs is 1. The molecule has 2 aromatic carbocycles. The zero-order chi connectivity index (χ0) is 15.8. The van der Waals surface area contributed by atoms with Crippen LogP contribution < -0.4 is 10.5 Å². The molecule has 0 spiro atoms. The second-order valence-corrected chi connectivity index (χ2v) is 5.84. The standard InChI is InChI=1S/C16H16F2N2O/c1-16(2,3)12-6-10(20)4-9-5-13(18)11(7-19)15(14(9)12)21-8-17/h4-6H,8,20H2,1-3H3. The van der Waals surface area contributed by atoms with Crippen molar-refractivity contribution in [3.8, 4) is 11.8 Å². The fourth-order valence-corrected chi connectivity index (χ4v) is 2.39. The third kappa shape index (κ3) is 2.62. The molecule has 110 valence electrons. The molecule has 0 heterocycles. The summed E-state index contributed by atoms with van der Waals surface area (Å²) in [5, 5.41) is 10.1. The van der Waals surface area contributed by atoms with Crippen LogP contribution in [0.4, 0.5) is 14.5 Å². The van der Waals surface area contributed by atoms with Crippen molar-refractivity contribution < 1.29 is 13.5 Å². The van der Waals surface area contributed by atoms with E-state index in [2.05, 4.69) is 0 Å². The quantitative estimate of drug-likeness (QED) is 0.849. The smallest absolute Gasteiger partial charge is 0.228 e. The third-order valence-corrected chi connectivity index (χ3v) is 3.29. The molecule has 0 radical (unpaired) electrons. The SMILES string of the molecule is CC(C)(C)c1cc(N)cc2cc(F)c(C#N)c(OCF)c12. The Morgan fingerprint density at radius 3 is 2.48 bits per heavy atom. The lowest BCUT2D eigenvalue weighted by Crippen LogP contribution is -2.13. The Morgan fingerprint density at radius 2 is 1.95 bits per heavy atom. The predicted octanol–water partition coefficient (Wildman–Crippen LogP) is 4.04. The zero-order valence-electron chi connectivity index (χ0n) is 12.1. The minimum absolute atomic E-state index is 0.0695. The van der Waals surface area contributed by atoms with Gasteiger partial charge in [0.05, 0.1) is 0 Å². The van der Waals surface area contributed by atoms with Crippen LogP contribution in [0.15, 0.2) is 18.2 Å². The Morgan fingerprint density at radius 1 is 1.29 bits per heavy atom. The fraction of sp³-hybridized carbons (Fsp3) is 0.312. The number of nitrogen functional groups attached to an aromatic ring is 1. The predicted molar refractivity (Wildman–Crippen MR) is 78.3 cm³/mol. The molecule has 0 bridgehead atoms. The van der Waals surface area contributed by atoms with E-state index in [0.29, 0.717) is 16.5 Å². The number of anilines is 1. The lowest BCUT2D eigenvalue weighted by atomic mass is 9.82. The molecule has 0 unspecified atom stereocenters. The van der Waals surface area contributed by atoms with E-state index in [-0.39, 0.29) is 16.7 Å². The highest BCUT2D eigenvalue weighted by Gasteiger charge is 2.24. The van der Waals surface area contributed by atoms with Gasteiger partial charge in [0.1, 0.15) is 17.4 Å². The van der Waals surface area contributed by atoms with Gasteiger partial charge < -0.3 is 10.5 Å². The molecule has 2 aromatic rings. The number of ether oxygens (including phenoxy) is 1. The van der Waals surface area contributed by atoms with Crippen LogP contribution in [0.25, 0.3) is 10.8 Å². The van der Waals surface area contributed by atoms with Crippen molar-refractivity contribution in [1.29, 1.82) is 5.26 Å². The average molecular weight is 290 g/mol. The Hall–Kier alpha value is -2.35. The highest BCUT2D eigenvalue weighted by atomic mass is 19.1. The van der Waals surface area contributed by atoms with Crippen LogP contribution >= 0.6 is 0 Å². The zero-order valence-corrected chi connectivity index (χ0v) is 12.1. The lowest BCUT2D eigenvalue weighted by Gasteiger charge is -2.24. The van der Waals surface area contributed by atoms with Gasteiger partial charge in [-0.05, 0) is 34.6 Å². The van der Waals surface area contributed by atoms with Gasteiger partial charge in [0.2, 0.25) is 6.86 Å². The number of benzene rings is 2. The average Bonchev–Trinajstić information content (AvgIpc) is 2.36. The number of hydrogen-bond acceptors (Lipinski definition) is 3. The maximum atomic E-state index is 14.0. The molecule has 0 saturated heterocycles. The van der Waals surface area contributed by atoms with Crippen LogP contribution in [-0.4, -0.2) is 6.86 Å². The lowest BCUT2D eigenvalue weighted by molar-refractivity contribution is 0.192. The Bertz CT molecular complexity index is 743. The van der Waals surface area contributed by atoms with E-state index in [4.69, 9.17) is 15.7 Å². The molecule has 0 amide bonds. The molecule has 0 aromatic heterocycles. The monoisotopic (exact) mass is 290 g/mol. The number of nitrogens with zero attached hydrogens (tertiary/aromatic N) is 1.